The molecule has 0 radical (unpaired) electrons. The molecule has 1 N–H and O–H groups in total. The van der Waals surface area contributed by atoms with Crippen LogP contribution < -0.4 is 14.4 Å². The third-order valence-electron chi connectivity index (χ3n) is 7.62. The minimum atomic E-state index is -4.20. The number of carbonyl (C=O) groups is 2. The second kappa shape index (κ2) is 16.3. The van der Waals surface area contributed by atoms with E-state index < -0.39 is 28.5 Å². The first kappa shape index (κ1) is 34.5. The maximum atomic E-state index is 14.6. The van der Waals surface area contributed by atoms with E-state index in [9.17, 15) is 18.0 Å². The molecule has 242 valence electrons. The lowest BCUT2D eigenvalue weighted by molar-refractivity contribution is -0.140. The molecule has 4 aromatic rings. The molecule has 0 aliphatic carbocycles. The van der Waals surface area contributed by atoms with E-state index in [1.807, 2.05) is 51.1 Å². The number of halogens is 1. The molecule has 0 heterocycles. The highest BCUT2D eigenvalue weighted by atomic mass is 35.5. The van der Waals surface area contributed by atoms with E-state index in [1.54, 1.807) is 66.7 Å². The van der Waals surface area contributed by atoms with Gasteiger partial charge in [-0.25, -0.2) is 8.42 Å². The van der Waals surface area contributed by atoms with Gasteiger partial charge in [-0.3, -0.25) is 13.9 Å². The zero-order valence-corrected chi connectivity index (χ0v) is 27.9. The smallest absolute Gasteiger partial charge is 0.264 e. The van der Waals surface area contributed by atoms with Crippen molar-refractivity contribution in [2.75, 3.05) is 17.5 Å². The number of carbonyl (C=O) groups excluding carboxylic acids is 2. The fraction of sp³-hybridized carbons (Fsp3) is 0.278. The van der Waals surface area contributed by atoms with E-state index in [2.05, 4.69) is 5.32 Å². The number of nitrogens with zero attached hydrogens (tertiary/aromatic N) is 2. The van der Waals surface area contributed by atoms with Crippen molar-refractivity contribution >= 4 is 39.1 Å². The maximum Gasteiger partial charge on any atom is 0.264 e. The number of nitrogens with one attached hydrogen (secondary N) is 1. The van der Waals surface area contributed by atoms with Crippen LogP contribution in [0.25, 0.3) is 0 Å². The van der Waals surface area contributed by atoms with Crippen molar-refractivity contribution in [1.29, 1.82) is 0 Å². The molecule has 0 unspecified atom stereocenters. The minimum absolute atomic E-state index is 0.00750. The summed E-state index contributed by atoms with van der Waals surface area (Å²) in [5.74, 6) is -0.328. The Kier molecular flexibility index (Phi) is 12.2. The molecular weight excluding hydrogens is 622 g/mol. The second-order valence-electron chi connectivity index (χ2n) is 10.9. The summed E-state index contributed by atoms with van der Waals surface area (Å²) in [6, 6.07) is 29.9. The molecule has 0 saturated heterocycles. The number of hydrogen-bond donors (Lipinski definition) is 1. The van der Waals surface area contributed by atoms with Gasteiger partial charge in [-0.1, -0.05) is 85.3 Å². The van der Waals surface area contributed by atoms with Gasteiger partial charge in [0.25, 0.3) is 10.0 Å². The molecule has 0 aliphatic heterocycles. The lowest BCUT2D eigenvalue weighted by Crippen LogP contribution is -2.54. The molecule has 4 aromatic carbocycles. The number of ether oxygens (including phenoxy) is 1. The monoisotopic (exact) mass is 661 g/mol. The van der Waals surface area contributed by atoms with E-state index in [-0.39, 0.29) is 35.5 Å². The van der Waals surface area contributed by atoms with Crippen LogP contribution in [0.3, 0.4) is 0 Å². The lowest BCUT2D eigenvalue weighted by atomic mass is 10.0. The number of anilines is 1. The fourth-order valence-corrected chi connectivity index (χ4v) is 6.56. The molecule has 2 atom stereocenters. The quantitative estimate of drug-likeness (QED) is 0.157. The van der Waals surface area contributed by atoms with E-state index in [4.69, 9.17) is 16.3 Å². The third kappa shape index (κ3) is 8.89. The van der Waals surface area contributed by atoms with Gasteiger partial charge < -0.3 is 15.0 Å². The molecule has 0 fully saturated rings. The first-order valence-corrected chi connectivity index (χ1v) is 17.1. The maximum absolute atomic E-state index is 14.6. The molecule has 4 rings (SSSR count). The Morgan fingerprint density at radius 2 is 1.46 bits per heavy atom. The van der Waals surface area contributed by atoms with Crippen molar-refractivity contribution in [1.82, 2.24) is 10.2 Å². The van der Waals surface area contributed by atoms with Gasteiger partial charge in [0, 0.05) is 24.0 Å². The second-order valence-corrected chi connectivity index (χ2v) is 13.2. The Morgan fingerprint density at radius 3 is 2.07 bits per heavy atom. The average molecular weight is 662 g/mol. The van der Waals surface area contributed by atoms with Crippen LogP contribution >= 0.6 is 11.6 Å². The van der Waals surface area contributed by atoms with Crippen LogP contribution in [0.5, 0.6) is 5.75 Å². The van der Waals surface area contributed by atoms with Crippen LogP contribution in [-0.4, -0.2) is 50.4 Å². The van der Waals surface area contributed by atoms with Crippen LogP contribution in [0.4, 0.5) is 5.69 Å². The molecule has 0 saturated carbocycles. The molecule has 46 heavy (non-hydrogen) atoms. The van der Waals surface area contributed by atoms with Gasteiger partial charge in [0.1, 0.15) is 18.3 Å². The summed E-state index contributed by atoms with van der Waals surface area (Å²) in [6.07, 6.45) is 0.914. The van der Waals surface area contributed by atoms with Gasteiger partial charge in [-0.05, 0) is 73.9 Å². The standard InChI is InChI=1S/C36H40ClN3O5S/c1-4-27(3)38-36(42)34(24-28-14-8-6-9-15-28)39(25-29-16-12-13-19-33(29)37)35(41)26-40(30-20-22-31(23-21-30)45-5-2)46(43,44)32-17-10-7-11-18-32/h6-23,27,34H,4-5,24-26H2,1-3H3,(H,38,42)/t27-,34-/m1/s1. The van der Waals surface area contributed by atoms with Gasteiger partial charge in [0.15, 0.2) is 0 Å². The molecule has 8 nitrogen and oxygen atoms in total. The van der Waals surface area contributed by atoms with Crippen molar-refractivity contribution in [3.8, 4) is 5.75 Å². The molecule has 0 aromatic heterocycles. The van der Waals surface area contributed by atoms with Crippen LogP contribution in [0, 0.1) is 0 Å². The molecule has 2 amide bonds. The van der Waals surface area contributed by atoms with E-state index in [0.717, 1.165) is 9.87 Å². The Hall–Kier alpha value is -4.34. The number of rotatable bonds is 15. The zero-order chi connectivity index (χ0) is 33.1. The van der Waals surface area contributed by atoms with Crippen LogP contribution in [0.1, 0.15) is 38.3 Å². The number of sulfonamides is 1. The predicted molar refractivity (Wildman–Crippen MR) is 182 cm³/mol. The molecule has 0 aliphatic rings. The summed E-state index contributed by atoms with van der Waals surface area (Å²) in [5, 5.41) is 3.47. The highest BCUT2D eigenvalue weighted by Crippen LogP contribution is 2.27. The minimum Gasteiger partial charge on any atom is -0.494 e. The molecule has 10 heteroatoms. The molecule has 0 spiro atoms. The Balaban J connectivity index is 1.81. The Labute approximate surface area is 277 Å². The zero-order valence-electron chi connectivity index (χ0n) is 26.3. The van der Waals surface area contributed by atoms with Gasteiger partial charge in [-0.15, -0.1) is 0 Å². The van der Waals surface area contributed by atoms with E-state index in [0.29, 0.717) is 29.4 Å². The molecular formula is C36H40ClN3O5S. The van der Waals surface area contributed by atoms with Crippen molar-refractivity contribution in [2.45, 2.75) is 57.1 Å². The van der Waals surface area contributed by atoms with Crippen LogP contribution in [0.2, 0.25) is 5.02 Å². The van der Waals surface area contributed by atoms with Crippen molar-refractivity contribution in [3.63, 3.8) is 0 Å². The average Bonchev–Trinajstić information content (AvgIpc) is 3.07. The largest absolute Gasteiger partial charge is 0.494 e. The fourth-order valence-electron chi connectivity index (χ4n) is 4.93. The van der Waals surface area contributed by atoms with E-state index >= 15 is 0 Å². The molecule has 0 bridgehead atoms. The summed E-state index contributed by atoms with van der Waals surface area (Å²) in [4.78, 5) is 30.0. The number of amides is 2. The first-order valence-electron chi connectivity index (χ1n) is 15.3. The first-order chi connectivity index (χ1) is 22.1. The van der Waals surface area contributed by atoms with E-state index in [1.165, 1.54) is 17.0 Å². The highest BCUT2D eigenvalue weighted by Gasteiger charge is 2.35. The summed E-state index contributed by atoms with van der Waals surface area (Å²) < 4.78 is 34.9. The van der Waals surface area contributed by atoms with Crippen LogP contribution in [0.15, 0.2) is 114 Å². The lowest BCUT2D eigenvalue weighted by Gasteiger charge is -2.34. The Morgan fingerprint density at radius 1 is 0.848 bits per heavy atom. The van der Waals surface area contributed by atoms with Gasteiger partial charge in [0.05, 0.1) is 17.2 Å². The SMILES string of the molecule is CCOc1ccc(N(CC(=O)N(Cc2ccccc2Cl)[C@H](Cc2ccccc2)C(=O)N[C@H](C)CC)S(=O)(=O)c2ccccc2)cc1. The summed E-state index contributed by atoms with van der Waals surface area (Å²) in [6.45, 7) is 5.60. The van der Waals surface area contributed by atoms with Crippen molar-refractivity contribution < 1.29 is 22.7 Å². The van der Waals surface area contributed by atoms with Crippen molar-refractivity contribution in [2.24, 2.45) is 0 Å². The normalized spacial score (nSPS) is 12.5. The van der Waals surface area contributed by atoms with Gasteiger partial charge in [0.2, 0.25) is 11.8 Å². The summed E-state index contributed by atoms with van der Waals surface area (Å²) in [5.41, 5.74) is 1.76. The predicted octanol–water partition coefficient (Wildman–Crippen LogP) is 6.49. The van der Waals surface area contributed by atoms with Gasteiger partial charge >= 0.3 is 0 Å². The number of hydrogen-bond acceptors (Lipinski definition) is 5. The highest BCUT2D eigenvalue weighted by molar-refractivity contribution is 7.92. The summed E-state index contributed by atoms with van der Waals surface area (Å²) in [7, 11) is -4.20. The van der Waals surface area contributed by atoms with Crippen molar-refractivity contribution in [3.05, 3.63) is 125 Å². The summed E-state index contributed by atoms with van der Waals surface area (Å²) >= 11 is 6.56. The van der Waals surface area contributed by atoms with Crippen LogP contribution in [-0.2, 0) is 32.6 Å². The topological polar surface area (TPSA) is 96.0 Å². The van der Waals surface area contributed by atoms with Gasteiger partial charge in [-0.2, -0.15) is 0 Å². The Bertz CT molecular complexity index is 1690. The number of benzene rings is 4. The third-order valence-corrected chi connectivity index (χ3v) is 9.77.